The Labute approximate surface area is 150 Å². The van der Waals surface area contributed by atoms with Gasteiger partial charge in [-0.25, -0.2) is 0 Å². The monoisotopic (exact) mass is 421 g/mol. The summed E-state index contributed by atoms with van der Waals surface area (Å²) in [6.07, 6.45) is 2.13. The molecular formula is C16H28IN3S. The van der Waals surface area contributed by atoms with Gasteiger partial charge >= 0.3 is 0 Å². The van der Waals surface area contributed by atoms with E-state index in [1.165, 1.54) is 11.1 Å². The number of halogens is 1. The molecule has 0 saturated heterocycles. The van der Waals surface area contributed by atoms with Crippen LogP contribution in [0.15, 0.2) is 29.3 Å². The Morgan fingerprint density at radius 2 is 1.95 bits per heavy atom. The van der Waals surface area contributed by atoms with E-state index in [0.29, 0.717) is 0 Å². The molecule has 1 aromatic carbocycles. The van der Waals surface area contributed by atoms with Crippen LogP contribution in [-0.4, -0.2) is 30.6 Å². The van der Waals surface area contributed by atoms with Crippen LogP contribution in [0.4, 0.5) is 0 Å². The number of nitrogens with zero attached hydrogens (tertiary/aromatic N) is 1. The first-order valence-electron chi connectivity index (χ1n) is 6.97. The highest BCUT2D eigenvalue weighted by Crippen LogP contribution is 2.20. The molecule has 21 heavy (non-hydrogen) atoms. The second kappa shape index (κ2) is 9.56. The molecule has 1 unspecified atom stereocenters. The highest BCUT2D eigenvalue weighted by atomic mass is 127. The van der Waals surface area contributed by atoms with Crippen molar-refractivity contribution < 1.29 is 0 Å². The van der Waals surface area contributed by atoms with Gasteiger partial charge in [0.05, 0.1) is 6.04 Å². The fourth-order valence-electron chi connectivity index (χ4n) is 1.92. The minimum absolute atomic E-state index is 0. The Morgan fingerprint density at radius 3 is 2.48 bits per heavy atom. The molecule has 5 heteroatoms. The van der Waals surface area contributed by atoms with Gasteiger partial charge in [-0.1, -0.05) is 24.3 Å². The number of nitrogens with one attached hydrogen (secondary N) is 2. The molecule has 0 heterocycles. The molecule has 0 aliphatic heterocycles. The summed E-state index contributed by atoms with van der Waals surface area (Å²) in [4.78, 5) is 4.31. The lowest BCUT2D eigenvalue weighted by Gasteiger charge is -2.25. The number of thioether (sulfide) groups is 1. The van der Waals surface area contributed by atoms with Gasteiger partial charge in [0.15, 0.2) is 5.96 Å². The zero-order valence-electron chi connectivity index (χ0n) is 13.9. The summed E-state index contributed by atoms with van der Waals surface area (Å²) in [5.74, 6) is 0.850. The molecular weight excluding hydrogens is 393 g/mol. The van der Waals surface area contributed by atoms with Crippen molar-refractivity contribution in [3.63, 3.8) is 0 Å². The van der Waals surface area contributed by atoms with Crippen molar-refractivity contribution in [3.05, 3.63) is 35.4 Å². The maximum absolute atomic E-state index is 4.31. The molecule has 0 aromatic heterocycles. The lowest BCUT2D eigenvalue weighted by molar-refractivity contribution is 0.638. The van der Waals surface area contributed by atoms with Gasteiger partial charge in [0, 0.05) is 18.3 Å². The first kappa shape index (κ1) is 20.6. The normalized spacial score (nSPS) is 13.3. The van der Waals surface area contributed by atoms with Crippen molar-refractivity contribution in [3.8, 4) is 0 Å². The van der Waals surface area contributed by atoms with Gasteiger partial charge in [-0.05, 0) is 45.1 Å². The number of aliphatic imine (C=N–C) groups is 1. The summed E-state index contributed by atoms with van der Waals surface area (Å²) < 4.78 is 0.198. The Hall–Kier alpha value is -0.430. The van der Waals surface area contributed by atoms with E-state index in [9.17, 15) is 0 Å². The van der Waals surface area contributed by atoms with Crippen molar-refractivity contribution in [1.29, 1.82) is 0 Å². The van der Waals surface area contributed by atoms with E-state index in [1.54, 1.807) is 0 Å². The molecule has 0 fully saturated rings. The predicted molar refractivity (Wildman–Crippen MR) is 107 cm³/mol. The molecule has 3 nitrogen and oxygen atoms in total. The Bertz CT molecular complexity index is 461. The van der Waals surface area contributed by atoms with Crippen molar-refractivity contribution in [2.45, 2.75) is 38.5 Å². The van der Waals surface area contributed by atoms with Crippen LogP contribution in [0, 0.1) is 6.92 Å². The maximum Gasteiger partial charge on any atom is 0.191 e. The Kier molecular flexibility index (Phi) is 9.36. The number of aryl methyl sites for hydroxylation is 1. The maximum atomic E-state index is 4.31. The molecule has 0 saturated carbocycles. The van der Waals surface area contributed by atoms with E-state index in [-0.39, 0.29) is 34.8 Å². The summed E-state index contributed by atoms with van der Waals surface area (Å²) in [6.45, 7) is 9.63. The van der Waals surface area contributed by atoms with Gasteiger partial charge in [-0.3, -0.25) is 4.99 Å². The molecule has 0 aliphatic carbocycles. The third-order valence-electron chi connectivity index (χ3n) is 3.47. The number of guanidine groups is 1. The van der Waals surface area contributed by atoms with Crippen LogP contribution in [0.3, 0.4) is 0 Å². The summed E-state index contributed by atoms with van der Waals surface area (Å²) in [5.41, 5.74) is 2.60. The second-order valence-corrected chi connectivity index (χ2v) is 7.13. The number of hydrogen-bond donors (Lipinski definition) is 2. The van der Waals surface area contributed by atoms with E-state index in [2.05, 4.69) is 73.8 Å². The van der Waals surface area contributed by atoms with Gasteiger partial charge in [0.25, 0.3) is 0 Å². The quantitative estimate of drug-likeness (QED) is 0.429. The molecule has 1 rings (SSSR count). The fourth-order valence-corrected chi connectivity index (χ4v) is 2.14. The summed E-state index contributed by atoms with van der Waals surface area (Å²) in [5, 5.41) is 6.85. The highest BCUT2D eigenvalue weighted by molar-refractivity contribution is 14.0. The Balaban J connectivity index is 0.00000400. The summed E-state index contributed by atoms with van der Waals surface area (Å²) >= 11 is 1.85. The summed E-state index contributed by atoms with van der Waals surface area (Å²) in [6, 6.07) is 8.68. The average molecular weight is 421 g/mol. The minimum Gasteiger partial charge on any atom is -0.355 e. The van der Waals surface area contributed by atoms with Gasteiger partial charge in [0.1, 0.15) is 0 Å². The van der Waals surface area contributed by atoms with Crippen molar-refractivity contribution in [1.82, 2.24) is 10.6 Å². The highest BCUT2D eigenvalue weighted by Gasteiger charge is 2.17. The molecule has 1 atom stereocenters. The molecule has 0 spiro atoms. The zero-order valence-corrected chi connectivity index (χ0v) is 17.0. The Morgan fingerprint density at radius 1 is 1.33 bits per heavy atom. The zero-order chi connectivity index (χ0) is 15.2. The third kappa shape index (κ3) is 6.91. The third-order valence-corrected chi connectivity index (χ3v) is 4.72. The van der Waals surface area contributed by atoms with E-state index in [0.717, 1.165) is 12.5 Å². The van der Waals surface area contributed by atoms with E-state index in [4.69, 9.17) is 0 Å². The van der Waals surface area contributed by atoms with Crippen molar-refractivity contribution in [2.75, 3.05) is 19.8 Å². The van der Waals surface area contributed by atoms with Crippen molar-refractivity contribution >= 4 is 41.7 Å². The fraction of sp³-hybridized carbons (Fsp3) is 0.562. The largest absolute Gasteiger partial charge is 0.355 e. The van der Waals surface area contributed by atoms with Crippen LogP contribution in [0.2, 0.25) is 0 Å². The van der Waals surface area contributed by atoms with Crippen LogP contribution in [0.25, 0.3) is 0 Å². The van der Waals surface area contributed by atoms with Gasteiger partial charge in [0.2, 0.25) is 0 Å². The van der Waals surface area contributed by atoms with E-state index >= 15 is 0 Å². The van der Waals surface area contributed by atoms with Gasteiger partial charge in [-0.15, -0.1) is 24.0 Å². The topological polar surface area (TPSA) is 36.4 Å². The van der Waals surface area contributed by atoms with Crippen LogP contribution in [0.5, 0.6) is 0 Å². The second-order valence-electron chi connectivity index (χ2n) is 5.61. The SMILES string of the molecule is CN=C(NCC(C)(C)SC)NC(C)c1ccccc1C.I. The smallest absolute Gasteiger partial charge is 0.191 e. The summed E-state index contributed by atoms with van der Waals surface area (Å²) in [7, 11) is 1.81. The molecule has 0 bridgehead atoms. The van der Waals surface area contributed by atoms with Crippen LogP contribution in [-0.2, 0) is 0 Å². The molecule has 120 valence electrons. The lowest BCUT2D eigenvalue weighted by Crippen LogP contribution is -2.44. The number of benzene rings is 1. The van der Waals surface area contributed by atoms with Crippen LogP contribution >= 0.6 is 35.7 Å². The van der Waals surface area contributed by atoms with E-state index in [1.807, 2.05) is 18.8 Å². The number of hydrogen-bond acceptors (Lipinski definition) is 2. The van der Waals surface area contributed by atoms with Gasteiger partial charge in [-0.2, -0.15) is 11.8 Å². The predicted octanol–water partition coefficient (Wildman–Crippen LogP) is 3.98. The number of rotatable bonds is 5. The van der Waals surface area contributed by atoms with Crippen molar-refractivity contribution in [2.24, 2.45) is 4.99 Å². The lowest BCUT2D eigenvalue weighted by atomic mass is 10.0. The molecule has 0 amide bonds. The first-order valence-corrected chi connectivity index (χ1v) is 8.20. The first-order chi connectivity index (χ1) is 9.39. The minimum atomic E-state index is 0. The van der Waals surface area contributed by atoms with Crippen LogP contribution < -0.4 is 10.6 Å². The van der Waals surface area contributed by atoms with Gasteiger partial charge < -0.3 is 10.6 Å². The molecule has 1 aromatic rings. The standard InChI is InChI=1S/C16H27N3S.HI/c1-12-9-7-8-10-14(12)13(2)19-15(17-5)18-11-16(3,4)20-6;/h7-10,13H,11H2,1-6H3,(H2,17,18,19);1H. The molecule has 2 N–H and O–H groups in total. The van der Waals surface area contributed by atoms with Crippen LogP contribution in [0.1, 0.15) is 37.9 Å². The van der Waals surface area contributed by atoms with E-state index < -0.39 is 0 Å². The molecule has 0 aliphatic rings. The average Bonchev–Trinajstić information content (AvgIpc) is 2.43. The molecule has 0 radical (unpaired) electrons.